The molecule has 1 atom stereocenters. The molecule has 1 unspecified atom stereocenters. The number of guanidine groups is 1. The Morgan fingerprint density at radius 1 is 1.37 bits per heavy atom. The lowest BCUT2D eigenvalue weighted by molar-refractivity contribution is -0.127. The maximum Gasteiger partial charge on any atom is 0.243 e. The summed E-state index contributed by atoms with van der Waals surface area (Å²) in [7, 11) is 3.47. The van der Waals surface area contributed by atoms with Crippen molar-refractivity contribution in [1.29, 1.82) is 5.26 Å². The van der Waals surface area contributed by atoms with E-state index in [2.05, 4.69) is 31.2 Å². The van der Waals surface area contributed by atoms with Gasteiger partial charge in [0, 0.05) is 53.4 Å². The molecule has 1 N–H and O–H groups in total. The van der Waals surface area contributed by atoms with Crippen LogP contribution in [0.4, 0.5) is 5.82 Å². The number of piperazine rings is 1. The number of carbonyl (C=O) groups excluding carboxylic acids is 1. The van der Waals surface area contributed by atoms with Crippen LogP contribution in [0.5, 0.6) is 0 Å². The van der Waals surface area contributed by atoms with Crippen molar-refractivity contribution in [3.8, 4) is 6.07 Å². The Bertz CT molecular complexity index is 767. The number of nitrogens with one attached hydrogen (secondary N) is 1. The molecule has 2 fully saturated rings. The zero-order valence-electron chi connectivity index (χ0n) is 17.6. The summed E-state index contributed by atoms with van der Waals surface area (Å²) >= 11 is 0. The van der Waals surface area contributed by atoms with Crippen LogP contribution in [0, 0.1) is 11.3 Å². The van der Waals surface area contributed by atoms with E-state index in [4.69, 9.17) is 10.00 Å². The molecule has 0 aliphatic carbocycles. The SMILES string of the molecule is CN(C)C(=O)CN=C(NCC1CCCO1)N1CCN(c2cccc(C#N)n2)CC1.I. The van der Waals surface area contributed by atoms with Gasteiger partial charge < -0.3 is 24.8 Å². The molecule has 1 aromatic rings. The lowest BCUT2D eigenvalue weighted by Gasteiger charge is -2.37. The smallest absolute Gasteiger partial charge is 0.243 e. The van der Waals surface area contributed by atoms with E-state index in [0.717, 1.165) is 57.4 Å². The van der Waals surface area contributed by atoms with Gasteiger partial charge in [0.25, 0.3) is 0 Å². The molecule has 2 aliphatic rings. The third-order valence-electron chi connectivity index (χ3n) is 5.13. The maximum atomic E-state index is 12.0. The fourth-order valence-electron chi connectivity index (χ4n) is 3.37. The van der Waals surface area contributed by atoms with Crippen LogP contribution in [0.25, 0.3) is 0 Å². The average molecular weight is 527 g/mol. The van der Waals surface area contributed by atoms with E-state index in [1.165, 1.54) is 0 Å². The highest BCUT2D eigenvalue weighted by atomic mass is 127. The van der Waals surface area contributed by atoms with Crippen LogP contribution in [-0.2, 0) is 9.53 Å². The molecule has 0 aromatic carbocycles. The topological polar surface area (TPSA) is 97.1 Å². The minimum absolute atomic E-state index is 0. The highest BCUT2D eigenvalue weighted by Gasteiger charge is 2.23. The van der Waals surface area contributed by atoms with Crippen LogP contribution >= 0.6 is 24.0 Å². The molecule has 0 saturated carbocycles. The zero-order chi connectivity index (χ0) is 20.6. The van der Waals surface area contributed by atoms with E-state index in [-0.39, 0.29) is 42.5 Å². The van der Waals surface area contributed by atoms with Gasteiger partial charge in [0.2, 0.25) is 5.91 Å². The second-order valence-corrected chi connectivity index (χ2v) is 7.41. The Kier molecular flexibility index (Phi) is 9.58. The number of anilines is 1. The number of ether oxygens (including phenoxy) is 1. The van der Waals surface area contributed by atoms with E-state index in [9.17, 15) is 4.79 Å². The fourth-order valence-corrected chi connectivity index (χ4v) is 3.37. The van der Waals surface area contributed by atoms with Crippen molar-refractivity contribution in [2.75, 3.05) is 64.9 Å². The molecular weight excluding hydrogens is 497 g/mol. The molecule has 1 aromatic heterocycles. The van der Waals surface area contributed by atoms with Crippen LogP contribution < -0.4 is 10.2 Å². The van der Waals surface area contributed by atoms with Crippen LogP contribution in [0.3, 0.4) is 0 Å². The monoisotopic (exact) mass is 527 g/mol. The lowest BCUT2D eigenvalue weighted by Crippen LogP contribution is -2.53. The second-order valence-electron chi connectivity index (χ2n) is 7.41. The molecule has 0 radical (unpaired) electrons. The molecule has 3 rings (SSSR count). The Balaban J connectivity index is 0.00000320. The van der Waals surface area contributed by atoms with Crippen molar-refractivity contribution >= 4 is 41.7 Å². The van der Waals surface area contributed by atoms with Gasteiger partial charge in [-0.25, -0.2) is 9.98 Å². The molecule has 164 valence electrons. The minimum Gasteiger partial charge on any atom is -0.376 e. The Hall–Kier alpha value is -2.13. The van der Waals surface area contributed by atoms with Crippen LogP contribution in [0.1, 0.15) is 18.5 Å². The fraction of sp³-hybridized carbons (Fsp3) is 0.600. The summed E-state index contributed by atoms with van der Waals surface area (Å²) in [5.74, 6) is 1.53. The minimum atomic E-state index is -0.0300. The lowest BCUT2D eigenvalue weighted by atomic mass is 10.2. The summed E-state index contributed by atoms with van der Waals surface area (Å²) in [5, 5.41) is 12.5. The van der Waals surface area contributed by atoms with Crippen molar-refractivity contribution in [1.82, 2.24) is 20.1 Å². The third-order valence-corrected chi connectivity index (χ3v) is 5.13. The number of likely N-dealkylation sites (N-methyl/N-ethyl adjacent to an activating group) is 1. The first-order chi connectivity index (χ1) is 14.1. The summed E-state index contributed by atoms with van der Waals surface area (Å²) in [6.07, 6.45) is 2.33. The molecule has 2 aliphatic heterocycles. The van der Waals surface area contributed by atoms with Gasteiger partial charge in [0.15, 0.2) is 5.96 Å². The third kappa shape index (κ3) is 6.70. The molecule has 2 saturated heterocycles. The van der Waals surface area contributed by atoms with Crippen molar-refractivity contribution in [2.45, 2.75) is 18.9 Å². The number of carbonyl (C=O) groups is 1. The first-order valence-corrected chi connectivity index (χ1v) is 10.0. The molecular formula is C20H30IN7O2. The van der Waals surface area contributed by atoms with E-state index >= 15 is 0 Å². The highest BCUT2D eigenvalue weighted by molar-refractivity contribution is 14.0. The molecule has 0 spiro atoms. The largest absolute Gasteiger partial charge is 0.376 e. The van der Waals surface area contributed by atoms with Gasteiger partial charge in [-0.2, -0.15) is 5.26 Å². The normalized spacial score (nSPS) is 19.1. The van der Waals surface area contributed by atoms with Crippen LogP contribution in [0.15, 0.2) is 23.2 Å². The van der Waals surface area contributed by atoms with E-state index in [1.807, 2.05) is 12.1 Å². The summed E-state index contributed by atoms with van der Waals surface area (Å²) in [4.78, 5) is 26.8. The Morgan fingerprint density at radius 2 is 2.13 bits per heavy atom. The summed E-state index contributed by atoms with van der Waals surface area (Å²) in [5.41, 5.74) is 0.424. The summed E-state index contributed by atoms with van der Waals surface area (Å²) < 4.78 is 5.70. The maximum absolute atomic E-state index is 12.0. The number of hydrogen-bond donors (Lipinski definition) is 1. The number of halogens is 1. The molecule has 30 heavy (non-hydrogen) atoms. The molecule has 3 heterocycles. The highest BCUT2D eigenvalue weighted by Crippen LogP contribution is 2.15. The van der Waals surface area contributed by atoms with E-state index in [1.54, 1.807) is 25.1 Å². The van der Waals surface area contributed by atoms with Crippen molar-refractivity contribution in [2.24, 2.45) is 4.99 Å². The van der Waals surface area contributed by atoms with Gasteiger partial charge in [0.05, 0.1) is 6.10 Å². The van der Waals surface area contributed by atoms with Crippen molar-refractivity contribution in [3.05, 3.63) is 23.9 Å². The molecule has 10 heteroatoms. The summed E-state index contributed by atoms with van der Waals surface area (Å²) in [6, 6.07) is 7.58. The van der Waals surface area contributed by atoms with Gasteiger partial charge in [-0.1, -0.05) is 6.07 Å². The van der Waals surface area contributed by atoms with Gasteiger partial charge in [0.1, 0.15) is 24.1 Å². The van der Waals surface area contributed by atoms with Gasteiger partial charge in [-0.15, -0.1) is 24.0 Å². The second kappa shape index (κ2) is 11.9. The Labute approximate surface area is 195 Å². The predicted molar refractivity (Wildman–Crippen MR) is 126 cm³/mol. The number of pyridine rings is 1. The number of aromatic nitrogens is 1. The number of aliphatic imine (C=N–C) groups is 1. The van der Waals surface area contributed by atoms with Crippen LogP contribution in [-0.4, -0.2) is 92.7 Å². The van der Waals surface area contributed by atoms with Gasteiger partial charge in [-0.3, -0.25) is 4.79 Å². The van der Waals surface area contributed by atoms with Crippen molar-refractivity contribution < 1.29 is 9.53 Å². The average Bonchev–Trinajstić information content (AvgIpc) is 3.27. The molecule has 9 nitrogen and oxygen atoms in total. The molecule has 1 amide bonds. The number of nitriles is 1. The van der Waals surface area contributed by atoms with Gasteiger partial charge in [-0.05, 0) is 25.0 Å². The summed E-state index contributed by atoms with van der Waals surface area (Å²) in [6.45, 7) is 4.67. The number of amides is 1. The van der Waals surface area contributed by atoms with E-state index in [0.29, 0.717) is 12.2 Å². The zero-order valence-corrected chi connectivity index (χ0v) is 19.9. The number of hydrogen-bond acceptors (Lipinski definition) is 6. The number of nitrogens with zero attached hydrogens (tertiary/aromatic N) is 6. The molecule has 0 bridgehead atoms. The van der Waals surface area contributed by atoms with E-state index < -0.39 is 0 Å². The van der Waals surface area contributed by atoms with Gasteiger partial charge >= 0.3 is 0 Å². The van der Waals surface area contributed by atoms with Crippen molar-refractivity contribution in [3.63, 3.8) is 0 Å². The number of rotatable bonds is 5. The standard InChI is InChI=1S/C20H29N7O2.HI/c1-25(2)19(28)15-23-20(22-14-17-6-4-12-29-17)27-10-8-26(9-11-27)18-7-3-5-16(13-21)24-18;/h3,5,7,17H,4,6,8-12,14-15H2,1-2H3,(H,22,23);1H. The first kappa shape index (κ1) is 24.1. The van der Waals surface area contributed by atoms with Crippen LogP contribution in [0.2, 0.25) is 0 Å². The quantitative estimate of drug-likeness (QED) is 0.346. The first-order valence-electron chi connectivity index (χ1n) is 10.0. The Morgan fingerprint density at radius 3 is 2.77 bits per heavy atom. The predicted octanol–water partition coefficient (Wildman–Crippen LogP) is 0.906.